The number of rotatable bonds is 3. The number of likely N-dealkylation sites (tertiary alicyclic amines) is 1. The summed E-state index contributed by atoms with van der Waals surface area (Å²) < 4.78 is 11.9. The maximum Gasteiger partial charge on any atom is 0.168 e. The van der Waals surface area contributed by atoms with Crippen LogP contribution in [0.4, 0.5) is 0 Å². The van der Waals surface area contributed by atoms with Crippen molar-refractivity contribution in [1.29, 1.82) is 0 Å². The van der Waals surface area contributed by atoms with Crippen molar-refractivity contribution in [2.24, 2.45) is 0 Å². The Hall–Kier alpha value is -0.940. The smallest absolute Gasteiger partial charge is 0.168 e. The van der Waals surface area contributed by atoms with Crippen molar-refractivity contribution >= 4 is 0 Å². The molecule has 126 valence electrons. The molecule has 1 N–H and O–H groups in total. The van der Waals surface area contributed by atoms with Gasteiger partial charge in [0.1, 0.15) is 0 Å². The second-order valence-corrected chi connectivity index (χ2v) is 7.39. The van der Waals surface area contributed by atoms with Gasteiger partial charge in [-0.15, -0.1) is 0 Å². The Morgan fingerprint density at radius 2 is 1.78 bits per heavy atom. The van der Waals surface area contributed by atoms with Crippen LogP contribution in [0.2, 0.25) is 0 Å². The number of likely N-dealkylation sites (N-methyl/N-ethyl adjacent to an activating group) is 1. The maximum atomic E-state index is 5.93. The van der Waals surface area contributed by atoms with Gasteiger partial charge in [0, 0.05) is 37.5 Å². The van der Waals surface area contributed by atoms with Crippen molar-refractivity contribution < 1.29 is 9.47 Å². The van der Waals surface area contributed by atoms with Crippen molar-refractivity contribution in [3.8, 4) is 0 Å². The van der Waals surface area contributed by atoms with Crippen LogP contribution in [-0.4, -0.2) is 49.1 Å². The van der Waals surface area contributed by atoms with Crippen LogP contribution in [0.3, 0.4) is 0 Å². The molecule has 0 radical (unpaired) electrons. The van der Waals surface area contributed by atoms with E-state index in [1.165, 1.54) is 24.8 Å². The summed E-state index contributed by atoms with van der Waals surface area (Å²) >= 11 is 0. The van der Waals surface area contributed by atoms with Gasteiger partial charge in [0.2, 0.25) is 0 Å². The Morgan fingerprint density at radius 3 is 2.43 bits per heavy atom. The van der Waals surface area contributed by atoms with Gasteiger partial charge >= 0.3 is 0 Å². The predicted octanol–water partition coefficient (Wildman–Crippen LogP) is 2.54. The molecule has 4 nitrogen and oxygen atoms in total. The molecule has 3 fully saturated rings. The zero-order valence-corrected chi connectivity index (χ0v) is 14.1. The number of nitrogens with zero attached hydrogens (tertiary/aromatic N) is 1. The lowest BCUT2D eigenvalue weighted by Crippen LogP contribution is -2.50. The van der Waals surface area contributed by atoms with E-state index in [-0.39, 0.29) is 5.79 Å². The summed E-state index contributed by atoms with van der Waals surface area (Å²) in [5.74, 6) is -0.263. The van der Waals surface area contributed by atoms with Gasteiger partial charge in [-0.05, 0) is 31.9 Å². The largest absolute Gasteiger partial charge is 0.348 e. The van der Waals surface area contributed by atoms with Gasteiger partial charge in [0.15, 0.2) is 5.79 Å². The van der Waals surface area contributed by atoms with Gasteiger partial charge in [-0.2, -0.15) is 0 Å². The maximum absolute atomic E-state index is 5.93. The highest BCUT2D eigenvalue weighted by Crippen LogP contribution is 2.47. The third-order valence-corrected chi connectivity index (χ3v) is 6.12. The molecule has 1 aromatic rings. The molecule has 2 spiro atoms. The molecule has 0 amide bonds. The highest BCUT2D eigenvalue weighted by Gasteiger charge is 2.52. The number of hydrogen-bond donors (Lipinski definition) is 1. The summed E-state index contributed by atoms with van der Waals surface area (Å²) in [6.07, 6.45) is 5.67. The summed E-state index contributed by atoms with van der Waals surface area (Å²) in [7, 11) is 2.10. The fourth-order valence-electron chi connectivity index (χ4n) is 4.74. The monoisotopic (exact) mass is 316 g/mol. The molecule has 1 saturated carbocycles. The van der Waals surface area contributed by atoms with Crippen molar-refractivity contribution in [3.05, 3.63) is 35.9 Å². The molecular formula is C19H28N2O2. The molecule has 2 aliphatic heterocycles. The Morgan fingerprint density at radius 1 is 1.09 bits per heavy atom. The number of hydrogen-bond acceptors (Lipinski definition) is 4. The minimum absolute atomic E-state index is 0.263. The Kier molecular flexibility index (Phi) is 4.18. The molecule has 0 bridgehead atoms. The average Bonchev–Trinajstić information content (AvgIpc) is 3.18. The molecule has 23 heavy (non-hydrogen) atoms. The molecule has 4 rings (SSSR count). The molecule has 1 atom stereocenters. The molecule has 3 aliphatic rings. The zero-order chi connectivity index (χ0) is 15.8. The third-order valence-electron chi connectivity index (χ3n) is 6.12. The summed E-state index contributed by atoms with van der Waals surface area (Å²) in [5, 5.41) is 3.51. The van der Waals surface area contributed by atoms with E-state index in [1.54, 1.807) is 0 Å². The van der Waals surface area contributed by atoms with E-state index >= 15 is 0 Å². The van der Waals surface area contributed by atoms with Gasteiger partial charge in [-0.25, -0.2) is 0 Å². The van der Waals surface area contributed by atoms with Crippen LogP contribution in [0.5, 0.6) is 0 Å². The molecule has 4 heteroatoms. The minimum atomic E-state index is -0.263. The third kappa shape index (κ3) is 2.93. The predicted molar refractivity (Wildman–Crippen MR) is 90.2 cm³/mol. The van der Waals surface area contributed by atoms with E-state index in [0.717, 1.165) is 39.1 Å². The quantitative estimate of drug-likeness (QED) is 0.929. The molecule has 1 aromatic carbocycles. The van der Waals surface area contributed by atoms with E-state index < -0.39 is 0 Å². The van der Waals surface area contributed by atoms with Crippen molar-refractivity contribution in [1.82, 2.24) is 10.2 Å². The van der Waals surface area contributed by atoms with Gasteiger partial charge in [-0.1, -0.05) is 30.3 Å². The van der Waals surface area contributed by atoms with Crippen LogP contribution in [0.15, 0.2) is 30.3 Å². The van der Waals surface area contributed by atoms with Gasteiger partial charge in [0.05, 0.1) is 13.2 Å². The summed E-state index contributed by atoms with van der Waals surface area (Å²) in [4.78, 5) is 2.71. The van der Waals surface area contributed by atoms with Crippen LogP contribution in [-0.2, 0) is 16.0 Å². The van der Waals surface area contributed by atoms with Crippen molar-refractivity contribution in [2.75, 3.05) is 26.8 Å². The number of ether oxygens (including phenoxy) is 2. The van der Waals surface area contributed by atoms with Gasteiger partial charge < -0.3 is 14.8 Å². The first kappa shape index (κ1) is 15.6. The van der Waals surface area contributed by atoms with E-state index in [9.17, 15) is 0 Å². The number of benzene rings is 1. The fourth-order valence-corrected chi connectivity index (χ4v) is 4.74. The normalized spacial score (nSPS) is 29.5. The molecule has 2 saturated heterocycles. The number of nitrogens with one attached hydrogen (secondary N) is 1. The standard InChI is InChI=1S/C19H28N2O2/c1-20-17-13-18(7-9-19(10-8-18)22-11-12-23-19)21(15-17)14-16-5-3-2-4-6-16/h2-6,17,20H,7-15H2,1H3. The van der Waals surface area contributed by atoms with Crippen LogP contribution < -0.4 is 5.32 Å². The highest BCUT2D eigenvalue weighted by molar-refractivity contribution is 5.16. The van der Waals surface area contributed by atoms with E-state index in [1.807, 2.05) is 0 Å². The first-order chi connectivity index (χ1) is 11.2. The van der Waals surface area contributed by atoms with Crippen molar-refractivity contribution in [2.45, 2.75) is 56.0 Å². The van der Waals surface area contributed by atoms with Crippen molar-refractivity contribution in [3.63, 3.8) is 0 Å². The first-order valence-electron chi connectivity index (χ1n) is 8.98. The lowest BCUT2D eigenvalue weighted by atomic mass is 9.76. The minimum Gasteiger partial charge on any atom is -0.348 e. The van der Waals surface area contributed by atoms with Crippen LogP contribution in [0, 0.1) is 0 Å². The second kappa shape index (κ2) is 6.17. The molecular weight excluding hydrogens is 288 g/mol. The highest BCUT2D eigenvalue weighted by atomic mass is 16.7. The molecule has 0 aromatic heterocycles. The van der Waals surface area contributed by atoms with Gasteiger partial charge in [0.25, 0.3) is 0 Å². The van der Waals surface area contributed by atoms with E-state index in [4.69, 9.17) is 9.47 Å². The van der Waals surface area contributed by atoms with Crippen LogP contribution in [0.25, 0.3) is 0 Å². The zero-order valence-electron chi connectivity index (χ0n) is 14.1. The molecule has 2 heterocycles. The lowest BCUT2D eigenvalue weighted by molar-refractivity contribution is -0.192. The van der Waals surface area contributed by atoms with E-state index in [0.29, 0.717) is 11.6 Å². The Balaban J connectivity index is 1.50. The fraction of sp³-hybridized carbons (Fsp3) is 0.684. The summed E-state index contributed by atoms with van der Waals surface area (Å²) in [6, 6.07) is 11.5. The Bertz CT molecular complexity index is 517. The molecule has 1 aliphatic carbocycles. The average molecular weight is 316 g/mol. The SMILES string of the molecule is CNC1CN(Cc2ccccc2)C2(CCC3(CC2)OCCO3)C1. The van der Waals surface area contributed by atoms with Crippen LogP contribution in [0.1, 0.15) is 37.7 Å². The molecule has 1 unspecified atom stereocenters. The van der Waals surface area contributed by atoms with Crippen LogP contribution >= 0.6 is 0 Å². The second-order valence-electron chi connectivity index (χ2n) is 7.39. The first-order valence-corrected chi connectivity index (χ1v) is 8.98. The Labute approximate surface area is 139 Å². The lowest BCUT2D eigenvalue weighted by Gasteiger charge is -2.46. The summed E-state index contributed by atoms with van der Waals surface area (Å²) in [6.45, 7) is 3.72. The van der Waals surface area contributed by atoms with E-state index in [2.05, 4.69) is 47.6 Å². The topological polar surface area (TPSA) is 33.7 Å². The summed E-state index contributed by atoms with van der Waals surface area (Å²) in [5.41, 5.74) is 1.72. The van der Waals surface area contributed by atoms with Gasteiger partial charge in [-0.3, -0.25) is 4.90 Å².